The van der Waals surface area contributed by atoms with Crippen LogP contribution in [0.25, 0.3) is 0 Å². The van der Waals surface area contributed by atoms with Gasteiger partial charge in [0.15, 0.2) is 0 Å². The summed E-state index contributed by atoms with van der Waals surface area (Å²) in [7, 11) is 0. The molecule has 2 rings (SSSR count). The molecule has 0 spiro atoms. The lowest BCUT2D eigenvalue weighted by Crippen LogP contribution is -2.13. The van der Waals surface area contributed by atoms with Crippen molar-refractivity contribution in [1.82, 2.24) is 0 Å². The molecule has 0 heterocycles. The molecule has 0 saturated carbocycles. The van der Waals surface area contributed by atoms with Crippen LogP contribution < -0.4 is 5.32 Å². The molecule has 0 radical (unpaired) electrons. The summed E-state index contributed by atoms with van der Waals surface area (Å²) in [6.45, 7) is 2.00. The average molecular weight is 282 g/mol. The zero-order valence-corrected chi connectivity index (χ0v) is 11.7. The lowest BCUT2D eigenvalue weighted by Gasteiger charge is -2.07. The van der Waals surface area contributed by atoms with Crippen LogP contribution in [0.4, 0.5) is 10.1 Å². The molecule has 0 aliphatic rings. The van der Waals surface area contributed by atoms with Gasteiger partial charge < -0.3 is 5.32 Å². The minimum Gasteiger partial charge on any atom is -0.324 e. The molecule has 0 aliphatic heterocycles. The van der Waals surface area contributed by atoms with Crippen LogP contribution in [-0.4, -0.2) is 5.91 Å². The van der Waals surface area contributed by atoms with Crippen molar-refractivity contribution < 1.29 is 9.18 Å². The van der Waals surface area contributed by atoms with Crippen LogP contribution in [0.2, 0.25) is 0 Å². The van der Waals surface area contributed by atoms with Gasteiger partial charge in [0.05, 0.1) is 17.3 Å². The number of nitrogens with one attached hydrogen (secondary N) is 1. The third kappa shape index (κ3) is 4.15. The Morgan fingerprint density at radius 3 is 2.76 bits per heavy atom. The summed E-state index contributed by atoms with van der Waals surface area (Å²) in [6.07, 6.45) is 0.883. The molecule has 0 atom stereocenters. The van der Waals surface area contributed by atoms with Crippen molar-refractivity contribution in [3.8, 4) is 6.07 Å². The highest BCUT2D eigenvalue weighted by Crippen LogP contribution is 2.16. The number of amides is 1. The summed E-state index contributed by atoms with van der Waals surface area (Å²) in [5, 5.41) is 11.2. The zero-order valence-electron chi connectivity index (χ0n) is 11.7. The second kappa shape index (κ2) is 6.67. The fraction of sp³-hybridized carbons (Fsp3) is 0.176. The van der Waals surface area contributed by atoms with Crippen molar-refractivity contribution in [3.05, 3.63) is 65.0 Å². The Kier molecular flexibility index (Phi) is 4.68. The Balaban J connectivity index is 1.95. The number of rotatable bonds is 4. The smallest absolute Gasteiger partial charge is 0.224 e. The van der Waals surface area contributed by atoms with E-state index < -0.39 is 5.82 Å². The van der Waals surface area contributed by atoms with Crippen molar-refractivity contribution in [2.75, 3.05) is 5.32 Å². The SMILES string of the molecule is Cc1cccc(CCC(=O)Nc2ccc(C#N)cc2F)c1. The lowest BCUT2D eigenvalue weighted by molar-refractivity contribution is -0.116. The fourth-order valence-corrected chi connectivity index (χ4v) is 2.02. The van der Waals surface area contributed by atoms with Gasteiger partial charge >= 0.3 is 0 Å². The van der Waals surface area contributed by atoms with Crippen LogP contribution in [0.5, 0.6) is 0 Å². The molecule has 1 N–H and O–H groups in total. The average Bonchev–Trinajstić information content (AvgIpc) is 2.47. The summed E-state index contributed by atoms with van der Waals surface area (Å²) in [5.74, 6) is -0.849. The molecule has 1 amide bonds. The number of anilines is 1. The van der Waals surface area contributed by atoms with Gasteiger partial charge in [-0.2, -0.15) is 5.26 Å². The minimum absolute atomic E-state index is 0.100. The number of aryl methyl sites for hydroxylation is 2. The second-order valence-corrected chi connectivity index (χ2v) is 4.84. The first kappa shape index (κ1) is 14.7. The van der Waals surface area contributed by atoms with Crippen LogP contribution >= 0.6 is 0 Å². The van der Waals surface area contributed by atoms with E-state index >= 15 is 0 Å². The fourth-order valence-electron chi connectivity index (χ4n) is 2.02. The number of carbonyl (C=O) groups is 1. The summed E-state index contributed by atoms with van der Waals surface area (Å²) in [4.78, 5) is 11.8. The molecule has 3 nitrogen and oxygen atoms in total. The first-order valence-corrected chi connectivity index (χ1v) is 6.63. The van der Waals surface area contributed by atoms with Gasteiger partial charge in [-0.15, -0.1) is 0 Å². The van der Waals surface area contributed by atoms with E-state index in [4.69, 9.17) is 5.26 Å². The Morgan fingerprint density at radius 1 is 1.29 bits per heavy atom. The molecule has 2 aromatic carbocycles. The standard InChI is InChI=1S/C17H15FN2O/c1-12-3-2-4-13(9-12)6-8-17(21)20-16-7-5-14(11-19)10-15(16)18/h2-5,7,9-10H,6,8H2,1H3,(H,20,21). The molecule has 0 saturated heterocycles. The predicted molar refractivity (Wildman–Crippen MR) is 79.2 cm³/mol. The Labute approximate surface area is 123 Å². The molecule has 0 bridgehead atoms. The topological polar surface area (TPSA) is 52.9 Å². The highest BCUT2D eigenvalue weighted by Gasteiger charge is 2.08. The number of halogens is 1. The van der Waals surface area contributed by atoms with Crippen molar-refractivity contribution in [2.45, 2.75) is 19.8 Å². The van der Waals surface area contributed by atoms with Crippen LogP contribution in [0, 0.1) is 24.1 Å². The zero-order chi connectivity index (χ0) is 15.2. The number of nitrogens with zero attached hydrogens (tertiary/aromatic N) is 1. The molecule has 4 heteroatoms. The maximum absolute atomic E-state index is 13.6. The molecular weight excluding hydrogens is 267 g/mol. The maximum atomic E-state index is 13.6. The minimum atomic E-state index is -0.599. The predicted octanol–water partition coefficient (Wildman–Crippen LogP) is 3.58. The van der Waals surface area contributed by atoms with Crippen LogP contribution in [0.15, 0.2) is 42.5 Å². The van der Waals surface area contributed by atoms with Gasteiger partial charge in [0, 0.05) is 6.42 Å². The maximum Gasteiger partial charge on any atom is 0.224 e. The van der Waals surface area contributed by atoms with Gasteiger partial charge in [-0.25, -0.2) is 4.39 Å². The van der Waals surface area contributed by atoms with Crippen molar-refractivity contribution in [2.24, 2.45) is 0 Å². The van der Waals surface area contributed by atoms with E-state index in [0.717, 1.165) is 17.2 Å². The Bertz CT molecular complexity index is 704. The molecule has 0 aromatic heterocycles. The van der Waals surface area contributed by atoms with Crippen LogP contribution in [0.1, 0.15) is 23.1 Å². The van der Waals surface area contributed by atoms with Gasteiger partial charge in [-0.1, -0.05) is 29.8 Å². The molecule has 0 aliphatic carbocycles. The van der Waals surface area contributed by atoms with Gasteiger partial charge in [0.1, 0.15) is 5.82 Å². The van der Waals surface area contributed by atoms with Crippen molar-refractivity contribution in [3.63, 3.8) is 0 Å². The molecule has 106 valence electrons. The van der Waals surface area contributed by atoms with E-state index in [2.05, 4.69) is 5.32 Å². The van der Waals surface area contributed by atoms with Gasteiger partial charge in [0.25, 0.3) is 0 Å². The van der Waals surface area contributed by atoms with Crippen LogP contribution in [-0.2, 0) is 11.2 Å². The van der Waals surface area contributed by atoms with Crippen LogP contribution in [0.3, 0.4) is 0 Å². The largest absolute Gasteiger partial charge is 0.324 e. The highest BCUT2D eigenvalue weighted by molar-refractivity contribution is 5.91. The van der Waals surface area contributed by atoms with E-state index in [1.165, 1.54) is 12.1 Å². The molecule has 21 heavy (non-hydrogen) atoms. The van der Waals surface area contributed by atoms with E-state index in [1.54, 1.807) is 0 Å². The van der Waals surface area contributed by atoms with Gasteiger partial charge in [-0.3, -0.25) is 4.79 Å². The molecule has 0 unspecified atom stereocenters. The summed E-state index contributed by atoms with van der Waals surface area (Å²) < 4.78 is 13.6. The Morgan fingerprint density at radius 2 is 2.10 bits per heavy atom. The molecule has 0 fully saturated rings. The van der Waals surface area contributed by atoms with E-state index in [0.29, 0.717) is 6.42 Å². The first-order chi connectivity index (χ1) is 10.1. The number of nitriles is 1. The van der Waals surface area contributed by atoms with Gasteiger partial charge in [0.2, 0.25) is 5.91 Å². The number of hydrogen-bond donors (Lipinski definition) is 1. The number of hydrogen-bond acceptors (Lipinski definition) is 2. The lowest BCUT2D eigenvalue weighted by atomic mass is 10.1. The first-order valence-electron chi connectivity index (χ1n) is 6.63. The van der Waals surface area contributed by atoms with Crippen molar-refractivity contribution >= 4 is 11.6 Å². The summed E-state index contributed by atoms with van der Waals surface area (Å²) in [5.41, 5.74) is 2.55. The second-order valence-electron chi connectivity index (χ2n) is 4.84. The summed E-state index contributed by atoms with van der Waals surface area (Å²) in [6, 6.07) is 13.8. The quantitative estimate of drug-likeness (QED) is 0.932. The van der Waals surface area contributed by atoms with Gasteiger partial charge in [-0.05, 0) is 37.1 Å². The molecule has 2 aromatic rings. The van der Waals surface area contributed by atoms with E-state index in [9.17, 15) is 9.18 Å². The van der Waals surface area contributed by atoms with E-state index in [-0.39, 0.29) is 23.6 Å². The Hall–Kier alpha value is -2.67. The normalized spacial score (nSPS) is 9.95. The highest BCUT2D eigenvalue weighted by atomic mass is 19.1. The number of benzene rings is 2. The van der Waals surface area contributed by atoms with E-state index in [1.807, 2.05) is 37.3 Å². The summed E-state index contributed by atoms with van der Waals surface area (Å²) >= 11 is 0. The third-order valence-electron chi connectivity index (χ3n) is 3.10. The monoisotopic (exact) mass is 282 g/mol. The number of carbonyl (C=O) groups excluding carboxylic acids is 1. The van der Waals surface area contributed by atoms with Crippen molar-refractivity contribution in [1.29, 1.82) is 5.26 Å². The molecular formula is C17H15FN2O. The third-order valence-corrected chi connectivity index (χ3v) is 3.10.